The van der Waals surface area contributed by atoms with Crippen LogP contribution in [0.15, 0.2) is 102 Å². The molecule has 3 heterocycles. The summed E-state index contributed by atoms with van der Waals surface area (Å²) in [6.07, 6.45) is 9.65. The van der Waals surface area contributed by atoms with Gasteiger partial charge in [0.1, 0.15) is 12.4 Å². The second kappa shape index (κ2) is 11.8. The molecule has 2 N–H and O–H groups in total. The third kappa shape index (κ3) is 5.56. The lowest BCUT2D eigenvalue weighted by molar-refractivity contribution is -0.138. The van der Waals surface area contributed by atoms with Crippen molar-refractivity contribution in [3.8, 4) is 0 Å². The summed E-state index contributed by atoms with van der Waals surface area (Å²) in [5.41, 5.74) is 4.58. The van der Waals surface area contributed by atoms with Crippen LogP contribution < -0.4 is 5.32 Å². The van der Waals surface area contributed by atoms with Crippen LogP contribution >= 0.6 is 0 Å². The molecule has 5 rings (SSSR count). The van der Waals surface area contributed by atoms with Gasteiger partial charge in [0.2, 0.25) is 0 Å². The normalized spacial score (nSPS) is 15.4. The van der Waals surface area contributed by atoms with E-state index < -0.39 is 17.9 Å². The summed E-state index contributed by atoms with van der Waals surface area (Å²) in [5, 5.41) is 4.97. The fraction of sp³-hybridized carbons (Fsp3) is 0.188. The quantitative estimate of drug-likeness (QED) is 0.299. The fourth-order valence-corrected chi connectivity index (χ4v) is 5.01. The number of dihydropyridines is 1. The Bertz CT molecular complexity index is 1630. The minimum atomic E-state index is -0.752. The van der Waals surface area contributed by atoms with Crippen LogP contribution in [-0.2, 0) is 25.5 Å². The Labute approximate surface area is 232 Å². The van der Waals surface area contributed by atoms with E-state index in [4.69, 9.17) is 9.47 Å². The Morgan fingerprint density at radius 1 is 0.925 bits per heavy atom. The van der Waals surface area contributed by atoms with Crippen LogP contribution in [-0.4, -0.2) is 40.6 Å². The third-order valence-electron chi connectivity index (χ3n) is 6.89. The van der Waals surface area contributed by atoms with Crippen molar-refractivity contribution in [3.63, 3.8) is 0 Å². The van der Waals surface area contributed by atoms with Crippen LogP contribution in [0.2, 0.25) is 0 Å². The van der Waals surface area contributed by atoms with Crippen molar-refractivity contribution in [2.75, 3.05) is 13.7 Å². The predicted molar refractivity (Wildman–Crippen MR) is 153 cm³/mol. The number of benzene rings is 2. The number of nitrogens with zero attached hydrogens (tertiary/aromatic N) is 2. The zero-order valence-electron chi connectivity index (χ0n) is 22.6. The van der Waals surface area contributed by atoms with E-state index in [-0.39, 0.29) is 6.61 Å². The first-order valence-electron chi connectivity index (χ1n) is 13.0. The Balaban J connectivity index is 1.36. The lowest BCUT2D eigenvalue weighted by Gasteiger charge is -2.30. The summed E-state index contributed by atoms with van der Waals surface area (Å²) < 4.78 is 10.8. The molecule has 0 fully saturated rings. The number of pyridine rings is 1. The van der Waals surface area contributed by atoms with Crippen molar-refractivity contribution < 1.29 is 19.1 Å². The first-order valence-corrected chi connectivity index (χ1v) is 13.0. The number of nitrogens with one attached hydrogen (secondary N) is 2. The van der Waals surface area contributed by atoms with Crippen molar-refractivity contribution in [3.05, 3.63) is 124 Å². The zero-order valence-corrected chi connectivity index (χ0v) is 22.6. The van der Waals surface area contributed by atoms with Gasteiger partial charge in [-0.3, -0.25) is 4.98 Å². The molecule has 4 aromatic rings. The number of hydrogen-bond acceptors (Lipinski definition) is 7. The van der Waals surface area contributed by atoms with Crippen LogP contribution in [0.4, 0.5) is 0 Å². The molecular formula is C32H30N4O4. The molecule has 0 spiro atoms. The van der Waals surface area contributed by atoms with E-state index in [1.54, 1.807) is 32.3 Å². The number of aromatic nitrogens is 3. The number of rotatable bonds is 8. The molecule has 202 valence electrons. The summed E-state index contributed by atoms with van der Waals surface area (Å²) in [6, 6.07) is 17.8. The van der Waals surface area contributed by atoms with E-state index in [1.165, 1.54) is 7.11 Å². The van der Waals surface area contributed by atoms with E-state index in [0.717, 1.165) is 34.1 Å². The van der Waals surface area contributed by atoms with Crippen LogP contribution in [0.5, 0.6) is 0 Å². The van der Waals surface area contributed by atoms with Gasteiger partial charge in [0.15, 0.2) is 0 Å². The Morgan fingerprint density at radius 2 is 1.68 bits per heavy atom. The number of imidazole rings is 1. The molecule has 1 unspecified atom stereocenters. The number of allylic oxidation sites excluding steroid dienone is 2. The number of hydrogen-bond donors (Lipinski definition) is 2. The van der Waals surface area contributed by atoms with Gasteiger partial charge in [-0.15, -0.1) is 0 Å². The monoisotopic (exact) mass is 534 g/mol. The Kier molecular flexibility index (Phi) is 7.87. The molecule has 1 atom stereocenters. The highest BCUT2D eigenvalue weighted by atomic mass is 16.5. The molecular weight excluding hydrogens is 504 g/mol. The molecule has 1 aliphatic heterocycles. The molecule has 0 amide bonds. The van der Waals surface area contributed by atoms with Crippen molar-refractivity contribution in [2.24, 2.45) is 0 Å². The molecule has 0 saturated carbocycles. The lowest BCUT2D eigenvalue weighted by Crippen LogP contribution is -2.32. The summed E-state index contributed by atoms with van der Waals surface area (Å²) in [6.45, 7) is 3.65. The average Bonchev–Trinajstić information content (AvgIpc) is 3.48. The molecule has 0 bridgehead atoms. The van der Waals surface area contributed by atoms with Gasteiger partial charge in [-0.05, 0) is 42.5 Å². The van der Waals surface area contributed by atoms with E-state index in [9.17, 15) is 9.59 Å². The molecule has 1 aliphatic rings. The SMILES string of the molecule is COC(=O)C1=C(C)NC(C)=C(C(=O)OCC=Cc2ccc(Cc3ncc[nH]3)cc2)C1c1nccc2ccccc12. The summed E-state index contributed by atoms with van der Waals surface area (Å²) in [4.78, 5) is 38.5. The largest absolute Gasteiger partial charge is 0.466 e. The number of ether oxygens (including phenoxy) is 2. The maximum Gasteiger partial charge on any atom is 0.337 e. The van der Waals surface area contributed by atoms with Crippen LogP contribution in [0.25, 0.3) is 16.8 Å². The van der Waals surface area contributed by atoms with Gasteiger partial charge >= 0.3 is 11.9 Å². The summed E-state index contributed by atoms with van der Waals surface area (Å²) in [7, 11) is 1.33. The average molecular weight is 535 g/mol. The number of aromatic amines is 1. The van der Waals surface area contributed by atoms with Crippen LogP contribution in [0.3, 0.4) is 0 Å². The first-order chi connectivity index (χ1) is 19.5. The van der Waals surface area contributed by atoms with Gasteiger partial charge < -0.3 is 19.8 Å². The van der Waals surface area contributed by atoms with E-state index >= 15 is 0 Å². The molecule has 2 aromatic carbocycles. The molecule has 0 aliphatic carbocycles. The standard InChI is InChI=1S/C32H30N4O4/c1-20-27(31(37)39-3)29(30-25-9-5-4-8-24(25)14-15-35-30)28(21(2)36-20)32(38)40-18-6-7-22-10-12-23(13-11-22)19-26-33-16-17-34-26/h4-17,29,36H,18-19H2,1-3H3,(H,33,34). The fourth-order valence-electron chi connectivity index (χ4n) is 5.01. The third-order valence-corrected chi connectivity index (χ3v) is 6.89. The molecule has 0 saturated heterocycles. The maximum atomic E-state index is 13.5. The van der Waals surface area contributed by atoms with Gasteiger partial charge in [-0.25, -0.2) is 14.6 Å². The Hall–Kier alpha value is -4.98. The second-order valence-corrected chi connectivity index (χ2v) is 9.50. The van der Waals surface area contributed by atoms with Gasteiger partial charge in [-0.2, -0.15) is 0 Å². The van der Waals surface area contributed by atoms with Crippen molar-refractivity contribution >= 4 is 28.8 Å². The number of H-pyrrole nitrogens is 1. The first kappa shape index (κ1) is 26.6. The number of carbonyl (C=O) groups is 2. The number of carbonyl (C=O) groups excluding carboxylic acids is 2. The van der Waals surface area contributed by atoms with Crippen molar-refractivity contribution in [2.45, 2.75) is 26.2 Å². The van der Waals surface area contributed by atoms with Gasteiger partial charge in [0.25, 0.3) is 0 Å². The topological polar surface area (TPSA) is 106 Å². The predicted octanol–water partition coefficient (Wildman–Crippen LogP) is 5.21. The number of methoxy groups -OCH3 is 1. The smallest absolute Gasteiger partial charge is 0.337 e. The van der Waals surface area contributed by atoms with Gasteiger partial charge in [-0.1, -0.05) is 54.6 Å². The molecule has 8 heteroatoms. The highest BCUT2D eigenvalue weighted by Gasteiger charge is 2.39. The number of esters is 2. The highest BCUT2D eigenvalue weighted by molar-refractivity contribution is 6.01. The lowest BCUT2D eigenvalue weighted by atomic mass is 9.81. The number of fused-ring (bicyclic) bond motifs is 1. The van der Waals surface area contributed by atoms with Crippen molar-refractivity contribution in [1.82, 2.24) is 20.3 Å². The molecule has 0 radical (unpaired) electrons. The molecule has 8 nitrogen and oxygen atoms in total. The molecule has 2 aromatic heterocycles. The van der Waals surface area contributed by atoms with Gasteiger partial charge in [0, 0.05) is 41.8 Å². The van der Waals surface area contributed by atoms with Crippen LogP contribution in [0.1, 0.15) is 42.4 Å². The summed E-state index contributed by atoms with van der Waals surface area (Å²) >= 11 is 0. The van der Waals surface area contributed by atoms with E-state index in [2.05, 4.69) is 20.3 Å². The van der Waals surface area contributed by atoms with Crippen LogP contribution in [0, 0.1) is 0 Å². The van der Waals surface area contributed by atoms with Crippen molar-refractivity contribution in [1.29, 1.82) is 0 Å². The minimum absolute atomic E-state index is 0.0652. The van der Waals surface area contributed by atoms with E-state index in [1.807, 2.05) is 66.9 Å². The zero-order chi connectivity index (χ0) is 28.1. The Morgan fingerprint density at radius 3 is 2.40 bits per heavy atom. The van der Waals surface area contributed by atoms with Gasteiger partial charge in [0.05, 0.1) is 29.9 Å². The highest BCUT2D eigenvalue weighted by Crippen LogP contribution is 2.40. The summed E-state index contributed by atoms with van der Waals surface area (Å²) in [5.74, 6) is -0.901. The second-order valence-electron chi connectivity index (χ2n) is 9.50. The minimum Gasteiger partial charge on any atom is -0.466 e. The van der Waals surface area contributed by atoms with E-state index in [0.29, 0.717) is 28.2 Å². The maximum absolute atomic E-state index is 13.5. The molecule has 40 heavy (non-hydrogen) atoms.